The molecule has 1 aliphatic carbocycles. The zero-order chi connectivity index (χ0) is 21.6. The van der Waals surface area contributed by atoms with E-state index in [1.54, 1.807) is 12.1 Å². The summed E-state index contributed by atoms with van der Waals surface area (Å²) in [5.74, 6) is 0.852. The van der Waals surface area contributed by atoms with E-state index in [2.05, 4.69) is 19.9 Å². The van der Waals surface area contributed by atoms with Gasteiger partial charge in [-0.1, -0.05) is 18.6 Å². The van der Waals surface area contributed by atoms with E-state index >= 15 is 0 Å². The second kappa shape index (κ2) is 12.3. The first-order chi connectivity index (χ1) is 14.4. The molecule has 2 atom stereocenters. The minimum atomic E-state index is -3.33. The van der Waals surface area contributed by atoms with E-state index in [9.17, 15) is 12.8 Å². The molecule has 2 N–H and O–H groups in total. The lowest BCUT2D eigenvalue weighted by molar-refractivity contribution is -0.0605. The number of hydrogen-bond acceptors (Lipinski definition) is 4. The molecule has 1 heterocycles. The lowest BCUT2D eigenvalue weighted by Gasteiger charge is -2.38. The first kappa shape index (κ1) is 26.3. The van der Waals surface area contributed by atoms with Crippen molar-refractivity contribution in [2.24, 2.45) is 10.9 Å². The van der Waals surface area contributed by atoms with Gasteiger partial charge in [0.05, 0.1) is 24.9 Å². The molecule has 1 aliphatic heterocycles. The fraction of sp³-hybridized carbons (Fsp3) is 0.667. The van der Waals surface area contributed by atoms with Crippen LogP contribution in [0.4, 0.5) is 4.39 Å². The summed E-state index contributed by atoms with van der Waals surface area (Å²) in [7, 11) is -3.33. The Kier molecular flexibility index (Phi) is 10.4. The van der Waals surface area contributed by atoms with Crippen LogP contribution in [0.2, 0.25) is 0 Å². The van der Waals surface area contributed by atoms with Crippen LogP contribution in [0.3, 0.4) is 0 Å². The molecule has 2 aliphatic rings. The fourth-order valence-electron chi connectivity index (χ4n) is 3.70. The van der Waals surface area contributed by atoms with Crippen molar-refractivity contribution in [3.63, 3.8) is 0 Å². The number of sulfonamides is 1. The standard InChI is InChI=1S/C21H33FN4O3S.HI/c1-3-23-21(24-11-12-30(27,28)25-13-17-5-4-6-17)26-14-16(2)29-20(15-26)18-7-9-19(22)10-8-18;/h7-10,16-17,20,25H,3-6,11-15H2,1-2H3,(H,23,24);1H. The third kappa shape index (κ3) is 8.14. The zero-order valence-corrected chi connectivity index (χ0v) is 21.4. The van der Waals surface area contributed by atoms with E-state index in [0.29, 0.717) is 38.1 Å². The summed E-state index contributed by atoms with van der Waals surface area (Å²) in [5.41, 5.74) is 0.909. The molecule has 1 aromatic carbocycles. The van der Waals surface area contributed by atoms with Crippen LogP contribution in [-0.2, 0) is 14.8 Å². The second-order valence-electron chi connectivity index (χ2n) is 8.09. The van der Waals surface area contributed by atoms with E-state index in [1.165, 1.54) is 18.6 Å². The Morgan fingerprint density at radius 3 is 2.58 bits per heavy atom. The van der Waals surface area contributed by atoms with Gasteiger partial charge in [-0.25, -0.2) is 17.5 Å². The Hall–Kier alpha value is -0.980. The molecule has 1 saturated heterocycles. The average Bonchev–Trinajstić information content (AvgIpc) is 2.66. The summed E-state index contributed by atoms with van der Waals surface area (Å²) < 4.78 is 46.5. The number of rotatable bonds is 8. The predicted octanol–water partition coefficient (Wildman–Crippen LogP) is 2.89. The van der Waals surface area contributed by atoms with E-state index in [4.69, 9.17) is 4.74 Å². The maximum atomic E-state index is 13.3. The largest absolute Gasteiger partial charge is 0.367 e. The van der Waals surface area contributed by atoms with Crippen LogP contribution in [0.25, 0.3) is 0 Å². The molecule has 2 fully saturated rings. The summed E-state index contributed by atoms with van der Waals surface area (Å²) >= 11 is 0. The molecule has 0 spiro atoms. The van der Waals surface area contributed by atoms with Gasteiger partial charge in [-0.3, -0.25) is 4.99 Å². The summed E-state index contributed by atoms with van der Waals surface area (Å²) in [6, 6.07) is 6.34. The van der Waals surface area contributed by atoms with Crippen LogP contribution in [0.5, 0.6) is 0 Å². The fourth-order valence-corrected chi connectivity index (χ4v) is 4.66. The predicted molar refractivity (Wildman–Crippen MR) is 132 cm³/mol. The van der Waals surface area contributed by atoms with Gasteiger partial charge in [0.2, 0.25) is 10.0 Å². The average molecular weight is 568 g/mol. The van der Waals surface area contributed by atoms with Crippen LogP contribution in [0.1, 0.15) is 44.8 Å². The van der Waals surface area contributed by atoms with Gasteiger partial charge in [-0.15, -0.1) is 24.0 Å². The highest BCUT2D eigenvalue weighted by atomic mass is 127. The molecule has 1 saturated carbocycles. The maximum absolute atomic E-state index is 13.3. The van der Waals surface area contributed by atoms with Crippen molar-refractivity contribution in [3.05, 3.63) is 35.6 Å². The molecular weight excluding hydrogens is 534 g/mol. The first-order valence-electron chi connectivity index (χ1n) is 10.8. The quantitative estimate of drug-likeness (QED) is 0.287. The topological polar surface area (TPSA) is 83.0 Å². The van der Waals surface area contributed by atoms with Gasteiger partial charge in [0.15, 0.2) is 5.96 Å². The SMILES string of the molecule is CCNC(=NCCS(=O)(=O)NCC1CCC1)N1CC(C)OC(c2ccc(F)cc2)C1.I. The highest BCUT2D eigenvalue weighted by Gasteiger charge is 2.28. The monoisotopic (exact) mass is 568 g/mol. The smallest absolute Gasteiger partial charge is 0.213 e. The molecule has 0 aromatic heterocycles. The highest BCUT2D eigenvalue weighted by Crippen LogP contribution is 2.26. The Labute approximate surface area is 202 Å². The molecule has 10 heteroatoms. The minimum absolute atomic E-state index is 0. The van der Waals surface area contributed by atoms with E-state index in [-0.39, 0.29) is 54.3 Å². The summed E-state index contributed by atoms with van der Waals surface area (Å²) in [5, 5.41) is 3.25. The normalized spacial score (nSPS) is 22.5. The van der Waals surface area contributed by atoms with E-state index < -0.39 is 10.0 Å². The molecule has 31 heavy (non-hydrogen) atoms. The van der Waals surface area contributed by atoms with Gasteiger partial charge in [0, 0.05) is 19.6 Å². The van der Waals surface area contributed by atoms with Gasteiger partial charge >= 0.3 is 0 Å². The van der Waals surface area contributed by atoms with Crippen LogP contribution in [0.15, 0.2) is 29.3 Å². The Balaban J connectivity index is 0.00000341. The number of nitrogens with zero attached hydrogens (tertiary/aromatic N) is 2. The number of ether oxygens (including phenoxy) is 1. The molecule has 0 amide bonds. The number of guanidine groups is 1. The molecular formula is C21H34FIN4O3S. The molecule has 1 aromatic rings. The van der Waals surface area contributed by atoms with Crippen LogP contribution >= 0.6 is 24.0 Å². The van der Waals surface area contributed by atoms with Gasteiger partial charge in [-0.2, -0.15) is 0 Å². The molecule has 2 unspecified atom stereocenters. The van der Waals surface area contributed by atoms with Gasteiger partial charge in [0.25, 0.3) is 0 Å². The number of hydrogen-bond donors (Lipinski definition) is 2. The van der Waals surface area contributed by atoms with Crippen molar-refractivity contribution in [2.45, 2.75) is 45.3 Å². The lowest BCUT2D eigenvalue weighted by atomic mass is 9.86. The Morgan fingerprint density at radius 1 is 1.26 bits per heavy atom. The summed E-state index contributed by atoms with van der Waals surface area (Å²) in [4.78, 5) is 6.64. The molecule has 7 nitrogen and oxygen atoms in total. The number of halogens is 2. The van der Waals surface area contributed by atoms with E-state index in [0.717, 1.165) is 18.4 Å². The van der Waals surface area contributed by atoms with Crippen molar-refractivity contribution in [2.75, 3.05) is 38.5 Å². The Bertz CT molecular complexity index is 818. The van der Waals surface area contributed by atoms with Crippen LogP contribution < -0.4 is 10.0 Å². The van der Waals surface area contributed by atoms with Gasteiger partial charge in [-0.05, 0) is 50.3 Å². The maximum Gasteiger partial charge on any atom is 0.213 e. The van der Waals surface area contributed by atoms with Crippen molar-refractivity contribution >= 4 is 40.0 Å². The van der Waals surface area contributed by atoms with Crippen molar-refractivity contribution < 1.29 is 17.5 Å². The Morgan fingerprint density at radius 2 is 1.97 bits per heavy atom. The number of aliphatic imine (C=N–C) groups is 1. The number of nitrogens with one attached hydrogen (secondary N) is 2. The third-order valence-electron chi connectivity index (χ3n) is 5.57. The zero-order valence-electron chi connectivity index (χ0n) is 18.2. The highest BCUT2D eigenvalue weighted by molar-refractivity contribution is 14.0. The van der Waals surface area contributed by atoms with Crippen molar-refractivity contribution in [1.29, 1.82) is 0 Å². The molecule has 3 rings (SSSR count). The summed E-state index contributed by atoms with van der Waals surface area (Å²) in [6.45, 7) is 6.58. The van der Waals surface area contributed by atoms with Gasteiger partial charge in [0.1, 0.15) is 11.9 Å². The number of morpholine rings is 1. The van der Waals surface area contributed by atoms with Crippen LogP contribution in [0, 0.1) is 11.7 Å². The van der Waals surface area contributed by atoms with Crippen molar-refractivity contribution in [3.8, 4) is 0 Å². The van der Waals surface area contributed by atoms with E-state index in [1.807, 2.05) is 13.8 Å². The van der Waals surface area contributed by atoms with Crippen molar-refractivity contribution in [1.82, 2.24) is 14.9 Å². The minimum Gasteiger partial charge on any atom is -0.367 e. The lowest BCUT2D eigenvalue weighted by Crippen LogP contribution is -2.51. The summed E-state index contributed by atoms with van der Waals surface area (Å²) in [6.07, 6.45) is 3.17. The second-order valence-corrected chi connectivity index (χ2v) is 10.0. The first-order valence-corrected chi connectivity index (χ1v) is 12.4. The number of benzene rings is 1. The van der Waals surface area contributed by atoms with Crippen LogP contribution in [-0.4, -0.2) is 63.9 Å². The molecule has 0 bridgehead atoms. The third-order valence-corrected chi connectivity index (χ3v) is 6.90. The molecule has 176 valence electrons. The van der Waals surface area contributed by atoms with Gasteiger partial charge < -0.3 is 15.0 Å². The molecule has 0 radical (unpaired) electrons.